The molecule has 0 aliphatic carbocycles. The van der Waals surface area contributed by atoms with Crippen LogP contribution in [0.3, 0.4) is 0 Å². The molecule has 0 saturated heterocycles. The topological polar surface area (TPSA) is 28.7 Å². The van der Waals surface area contributed by atoms with E-state index >= 15 is 0 Å². The zero-order valence-electron chi connectivity index (χ0n) is 11.0. The van der Waals surface area contributed by atoms with Crippen molar-refractivity contribution >= 4 is 44.1 Å². The van der Waals surface area contributed by atoms with Gasteiger partial charge in [0.05, 0.1) is 4.47 Å². The van der Waals surface area contributed by atoms with E-state index < -0.39 is 0 Å². The molecular weight excluding hydrogens is 407 g/mol. The van der Waals surface area contributed by atoms with Gasteiger partial charge in [-0.2, -0.15) is 0 Å². The van der Waals surface area contributed by atoms with E-state index in [0.29, 0.717) is 20.9 Å². The lowest BCUT2D eigenvalue weighted by atomic mass is 10.1. The van der Waals surface area contributed by atoms with Crippen molar-refractivity contribution < 1.29 is 4.39 Å². The van der Waals surface area contributed by atoms with Crippen LogP contribution in [-0.2, 0) is 6.42 Å². The summed E-state index contributed by atoms with van der Waals surface area (Å²) in [6.07, 6.45) is 0.860. The SMILES string of the molecule is CC(C)Cc1[nH]c(-c2ccc(F)cc2Br)nc(=S)c1Br. The van der Waals surface area contributed by atoms with Crippen molar-refractivity contribution in [2.75, 3.05) is 0 Å². The Labute approximate surface area is 139 Å². The van der Waals surface area contributed by atoms with E-state index in [2.05, 4.69) is 55.7 Å². The fourth-order valence-electron chi connectivity index (χ4n) is 1.86. The molecule has 2 aromatic rings. The van der Waals surface area contributed by atoms with Gasteiger partial charge in [-0.15, -0.1) is 0 Å². The third kappa shape index (κ3) is 3.54. The van der Waals surface area contributed by atoms with E-state index in [1.807, 2.05) is 0 Å². The summed E-state index contributed by atoms with van der Waals surface area (Å²) in [5.41, 5.74) is 1.79. The van der Waals surface area contributed by atoms with E-state index in [1.165, 1.54) is 12.1 Å². The molecule has 0 aliphatic rings. The summed E-state index contributed by atoms with van der Waals surface area (Å²) in [7, 11) is 0. The molecule has 1 aromatic carbocycles. The van der Waals surface area contributed by atoms with E-state index in [-0.39, 0.29) is 5.82 Å². The second-order valence-corrected chi connectivity index (χ2v) is 6.94. The number of H-pyrrole nitrogens is 1. The van der Waals surface area contributed by atoms with Gasteiger partial charge in [-0.1, -0.05) is 26.1 Å². The highest BCUT2D eigenvalue weighted by Crippen LogP contribution is 2.28. The predicted octanol–water partition coefficient (Wildman–Crippen LogP) is 5.67. The molecule has 2 rings (SSSR count). The Bertz CT molecular complexity index is 698. The monoisotopic (exact) mass is 418 g/mol. The maximum atomic E-state index is 13.2. The first-order chi connectivity index (χ1) is 9.38. The second kappa shape index (κ2) is 6.45. The van der Waals surface area contributed by atoms with Gasteiger partial charge < -0.3 is 4.98 Å². The van der Waals surface area contributed by atoms with Crippen LogP contribution in [0.1, 0.15) is 19.5 Å². The molecule has 6 heteroatoms. The fraction of sp³-hybridized carbons (Fsp3) is 0.286. The highest BCUT2D eigenvalue weighted by molar-refractivity contribution is 9.11. The van der Waals surface area contributed by atoms with Gasteiger partial charge in [-0.25, -0.2) is 9.37 Å². The number of benzene rings is 1. The van der Waals surface area contributed by atoms with Crippen molar-refractivity contribution in [1.82, 2.24) is 9.97 Å². The van der Waals surface area contributed by atoms with Crippen molar-refractivity contribution in [3.63, 3.8) is 0 Å². The van der Waals surface area contributed by atoms with Crippen LogP contribution < -0.4 is 0 Å². The van der Waals surface area contributed by atoms with E-state index in [0.717, 1.165) is 22.2 Å². The van der Waals surface area contributed by atoms with Gasteiger partial charge in [-0.05, 0) is 62.4 Å². The average Bonchev–Trinajstić information content (AvgIpc) is 2.34. The molecule has 0 radical (unpaired) electrons. The van der Waals surface area contributed by atoms with Gasteiger partial charge in [-0.3, -0.25) is 0 Å². The van der Waals surface area contributed by atoms with Crippen molar-refractivity contribution in [2.24, 2.45) is 5.92 Å². The molecule has 0 fully saturated rings. The first-order valence-corrected chi connectivity index (χ1v) is 8.12. The molecule has 0 bridgehead atoms. The lowest BCUT2D eigenvalue weighted by Gasteiger charge is -2.11. The first kappa shape index (κ1) is 15.8. The number of hydrogen-bond donors (Lipinski definition) is 1. The van der Waals surface area contributed by atoms with Crippen molar-refractivity contribution in [3.8, 4) is 11.4 Å². The zero-order chi connectivity index (χ0) is 14.9. The number of nitrogens with zero attached hydrogens (tertiary/aromatic N) is 1. The van der Waals surface area contributed by atoms with Crippen LogP contribution in [0.2, 0.25) is 0 Å². The summed E-state index contributed by atoms with van der Waals surface area (Å²) < 4.78 is 15.1. The maximum absolute atomic E-state index is 13.2. The van der Waals surface area contributed by atoms with Crippen LogP contribution in [0, 0.1) is 16.4 Å². The Balaban J connectivity index is 2.57. The summed E-state index contributed by atoms with van der Waals surface area (Å²) in [6.45, 7) is 4.27. The van der Waals surface area contributed by atoms with Gasteiger partial charge >= 0.3 is 0 Å². The Morgan fingerprint density at radius 2 is 2.05 bits per heavy atom. The third-order valence-corrected chi connectivity index (χ3v) is 4.80. The van der Waals surface area contributed by atoms with Gasteiger partial charge in [0, 0.05) is 15.7 Å². The molecule has 0 amide bonds. The summed E-state index contributed by atoms with van der Waals surface area (Å²) in [6, 6.07) is 4.50. The molecule has 106 valence electrons. The van der Waals surface area contributed by atoms with Crippen LogP contribution in [0.5, 0.6) is 0 Å². The van der Waals surface area contributed by atoms with Crippen molar-refractivity contribution in [3.05, 3.63) is 43.3 Å². The molecule has 1 N–H and O–H groups in total. The molecule has 1 heterocycles. The normalized spacial score (nSPS) is 11.1. The summed E-state index contributed by atoms with van der Waals surface area (Å²) in [5, 5.41) is 0. The van der Waals surface area contributed by atoms with Crippen LogP contribution in [0.15, 0.2) is 27.1 Å². The van der Waals surface area contributed by atoms with E-state index in [4.69, 9.17) is 12.2 Å². The Kier molecular flexibility index (Phi) is 5.09. The van der Waals surface area contributed by atoms with Crippen LogP contribution in [-0.4, -0.2) is 9.97 Å². The Morgan fingerprint density at radius 1 is 1.35 bits per heavy atom. The Hall–Kier alpha value is -0.590. The highest BCUT2D eigenvalue weighted by Gasteiger charge is 2.12. The van der Waals surface area contributed by atoms with Gasteiger partial charge in [0.1, 0.15) is 16.3 Å². The molecule has 0 unspecified atom stereocenters. The summed E-state index contributed by atoms with van der Waals surface area (Å²) >= 11 is 12.1. The maximum Gasteiger partial charge on any atom is 0.144 e. The smallest absolute Gasteiger partial charge is 0.144 e. The minimum absolute atomic E-state index is 0.293. The van der Waals surface area contributed by atoms with Crippen molar-refractivity contribution in [2.45, 2.75) is 20.3 Å². The number of rotatable bonds is 3. The number of nitrogens with one attached hydrogen (secondary N) is 1. The van der Waals surface area contributed by atoms with Gasteiger partial charge in [0.15, 0.2) is 0 Å². The van der Waals surface area contributed by atoms with E-state index in [9.17, 15) is 4.39 Å². The van der Waals surface area contributed by atoms with Crippen molar-refractivity contribution in [1.29, 1.82) is 0 Å². The lowest BCUT2D eigenvalue weighted by Crippen LogP contribution is -2.03. The average molecular weight is 420 g/mol. The largest absolute Gasteiger partial charge is 0.342 e. The first-order valence-electron chi connectivity index (χ1n) is 6.12. The van der Waals surface area contributed by atoms with Crippen LogP contribution >= 0.6 is 44.1 Å². The second-order valence-electron chi connectivity index (χ2n) is 4.91. The Morgan fingerprint density at radius 3 is 2.65 bits per heavy atom. The number of hydrogen-bond acceptors (Lipinski definition) is 2. The number of aromatic amines is 1. The summed E-state index contributed by atoms with van der Waals surface area (Å²) in [5.74, 6) is 0.836. The number of halogens is 3. The molecular formula is C14H13Br2FN2S. The van der Waals surface area contributed by atoms with Gasteiger partial charge in [0.2, 0.25) is 0 Å². The molecule has 20 heavy (non-hydrogen) atoms. The lowest BCUT2D eigenvalue weighted by molar-refractivity contribution is 0.627. The quantitative estimate of drug-likeness (QED) is 0.649. The van der Waals surface area contributed by atoms with Crippen LogP contribution in [0.25, 0.3) is 11.4 Å². The summed E-state index contributed by atoms with van der Waals surface area (Å²) in [4.78, 5) is 7.65. The molecule has 0 spiro atoms. The number of aromatic nitrogens is 2. The zero-order valence-corrected chi connectivity index (χ0v) is 15.0. The molecule has 1 aromatic heterocycles. The third-order valence-electron chi connectivity index (χ3n) is 2.73. The minimum Gasteiger partial charge on any atom is -0.342 e. The fourth-order valence-corrected chi connectivity index (χ4v) is 2.97. The molecule has 0 atom stereocenters. The molecule has 0 saturated carbocycles. The van der Waals surface area contributed by atoms with E-state index in [1.54, 1.807) is 6.07 Å². The molecule has 2 nitrogen and oxygen atoms in total. The van der Waals surface area contributed by atoms with Crippen LogP contribution in [0.4, 0.5) is 4.39 Å². The van der Waals surface area contributed by atoms with Gasteiger partial charge in [0.25, 0.3) is 0 Å². The highest BCUT2D eigenvalue weighted by atomic mass is 79.9. The minimum atomic E-state index is -0.293. The standard InChI is InChI=1S/C14H13Br2FN2S/c1-7(2)5-11-12(16)14(20)19-13(18-11)9-4-3-8(17)6-10(9)15/h3-4,6-7H,5H2,1-2H3,(H,18,19,20). The predicted molar refractivity (Wildman–Crippen MR) is 88.8 cm³/mol. The molecule has 0 aliphatic heterocycles.